The summed E-state index contributed by atoms with van der Waals surface area (Å²) in [6, 6.07) is 8.29. The average molecular weight is 366 g/mol. The Labute approximate surface area is 144 Å². The van der Waals surface area contributed by atoms with Gasteiger partial charge in [-0.25, -0.2) is 17.2 Å². The van der Waals surface area contributed by atoms with Crippen LogP contribution < -0.4 is 5.32 Å². The van der Waals surface area contributed by atoms with Crippen LogP contribution in [0.25, 0.3) is 0 Å². The van der Waals surface area contributed by atoms with Gasteiger partial charge in [-0.3, -0.25) is 4.79 Å². The Morgan fingerprint density at radius 1 is 1.12 bits per heavy atom. The van der Waals surface area contributed by atoms with Crippen molar-refractivity contribution in [1.82, 2.24) is 9.62 Å². The molecule has 25 heavy (non-hydrogen) atoms. The minimum atomic E-state index is -4.26. The maximum Gasteiger partial charge on any atom is 0.244 e. The molecule has 0 aromatic heterocycles. The third-order valence-electron chi connectivity index (χ3n) is 4.20. The SMILES string of the molecule is CNC(=O)C1Cc2ccccc2CN1S(=O)(=O)c1cc(F)cc(F)c1. The van der Waals surface area contributed by atoms with Crippen molar-refractivity contribution in [2.24, 2.45) is 0 Å². The van der Waals surface area contributed by atoms with E-state index in [1.165, 1.54) is 7.05 Å². The van der Waals surface area contributed by atoms with Crippen molar-refractivity contribution >= 4 is 15.9 Å². The molecular weight excluding hydrogens is 350 g/mol. The van der Waals surface area contributed by atoms with Crippen LogP contribution >= 0.6 is 0 Å². The first-order valence-corrected chi connectivity index (χ1v) is 9.03. The Balaban J connectivity index is 2.09. The predicted octanol–water partition coefficient (Wildman–Crippen LogP) is 1.83. The van der Waals surface area contributed by atoms with Gasteiger partial charge in [-0.15, -0.1) is 0 Å². The fourth-order valence-corrected chi connectivity index (χ4v) is 4.56. The van der Waals surface area contributed by atoms with E-state index in [2.05, 4.69) is 5.32 Å². The van der Waals surface area contributed by atoms with E-state index >= 15 is 0 Å². The van der Waals surface area contributed by atoms with E-state index in [9.17, 15) is 22.0 Å². The lowest BCUT2D eigenvalue weighted by atomic mass is 9.95. The summed E-state index contributed by atoms with van der Waals surface area (Å²) in [4.78, 5) is 11.7. The number of nitrogens with one attached hydrogen (secondary N) is 1. The highest BCUT2D eigenvalue weighted by Crippen LogP contribution is 2.29. The molecule has 1 amide bonds. The smallest absolute Gasteiger partial charge is 0.244 e. The van der Waals surface area contributed by atoms with Gasteiger partial charge in [0.15, 0.2) is 0 Å². The Kier molecular flexibility index (Phi) is 4.57. The van der Waals surface area contributed by atoms with E-state index in [4.69, 9.17) is 0 Å². The number of hydrogen-bond donors (Lipinski definition) is 1. The second-order valence-corrected chi connectivity index (χ2v) is 7.65. The molecular formula is C17H16F2N2O3S. The maximum absolute atomic E-state index is 13.5. The third kappa shape index (κ3) is 3.27. The molecule has 1 atom stereocenters. The van der Waals surface area contributed by atoms with Crippen LogP contribution in [0.3, 0.4) is 0 Å². The first kappa shape index (κ1) is 17.5. The van der Waals surface area contributed by atoms with Gasteiger partial charge in [-0.05, 0) is 29.7 Å². The van der Waals surface area contributed by atoms with E-state index in [-0.39, 0.29) is 13.0 Å². The minimum Gasteiger partial charge on any atom is -0.358 e. The molecule has 132 valence electrons. The van der Waals surface area contributed by atoms with Crippen molar-refractivity contribution in [3.05, 3.63) is 65.2 Å². The molecule has 0 saturated carbocycles. The molecule has 1 aliphatic rings. The molecule has 5 nitrogen and oxygen atoms in total. The molecule has 8 heteroatoms. The molecule has 1 N–H and O–H groups in total. The van der Waals surface area contributed by atoms with Crippen LogP contribution in [-0.4, -0.2) is 31.7 Å². The van der Waals surface area contributed by atoms with Gasteiger partial charge >= 0.3 is 0 Å². The summed E-state index contributed by atoms with van der Waals surface area (Å²) in [6.45, 7) is -0.0469. The highest BCUT2D eigenvalue weighted by molar-refractivity contribution is 7.89. The van der Waals surface area contributed by atoms with E-state index in [0.29, 0.717) is 6.07 Å². The van der Waals surface area contributed by atoms with Crippen molar-refractivity contribution in [3.8, 4) is 0 Å². The fourth-order valence-electron chi connectivity index (χ4n) is 2.95. The van der Waals surface area contributed by atoms with E-state index in [1.807, 2.05) is 12.1 Å². The number of carbonyl (C=O) groups excluding carboxylic acids is 1. The lowest BCUT2D eigenvalue weighted by molar-refractivity contribution is -0.124. The second-order valence-electron chi connectivity index (χ2n) is 5.76. The van der Waals surface area contributed by atoms with Gasteiger partial charge in [0, 0.05) is 19.7 Å². The van der Waals surface area contributed by atoms with Gasteiger partial charge in [-0.2, -0.15) is 4.31 Å². The zero-order chi connectivity index (χ0) is 18.2. The number of halogens is 2. The van der Waals surface area contributed by atoms with Crippen molar-refractivity contribution in [2.75, 3.05) is 7.05 Å². The molecule has 1 unspecified atom stereocenters. The lowest BCUT2D eigenvalue weighted by Gasteiger charge is -2.34. The van der Waals surface area contributed by atoms with Gasteiger partial charge in [-0.1, -0.05) is 24.3 Å². The zero-order valence-electron chi connectivity index (χ0n) is 13.4. The summed E-state index contributed by atoms with van der Waals surface area (Å²) in [7, 11) is -2.85. The van der Waals surface area contributed by atoms with Crippen LogP contribution in [-0.2, 0) is 27.8 Å². The number of likely N-dealkylation sites (N-methyl/N-ethyl adjacent to an activating group) is 1. The highest BCUT2D eigenvalue weighted by Gasteiger charge is 2.39. The van der Waals surface area contributed by atoms with Gasteiger partial charge in [0.25, 0.3) is 0 Å². The Bertz CT molecular complexity index is 911. The highest BCUT2D eigenvalue weighted by atomic mass is 32.2. The molecule has 0 saturated heterocycles. The number of nitrogens with zero attached hydrogens (tertiary/aromatic N) is 1. The molecule has 0 radical (unpaired) electrons. The summed E-state index contributed by atoms with van der Waals surface area (Å²) in [6.07, 6.45) is 0.187. The molecule has 2 aromatic carbocycles. The molecule has 1 aliphatic heterocycles. The summed E-state index contributed by atoms with van der Waals surface area (Å²) >= 11 is 0. The van der Waals surface area contributed by atoms with Crippen molar-refractivity contribution in [2.45, 2.75) is 23.9 Å². The number of sulfonamides is 1. The summed E-state index contributed by atoms with van der Waals surface area (Å²) < 4.78 is 53.8. The van der Waals surface area contributed by atoms with Crippen LogP contribution in [0.5, 0.6) is 0 Å². The molecule has 0 bridgehead atoms. The number of carbonyl (C=O) groups is 1. The van der Waals surface area contributed by atoms with E-state index < -0.39 is 38.5 Å². The Morgan fingerprint density at radius 2 is 1.72 bits per heavy atom. The molecule has 0 spiro atoms. The van der Waals surface area contributed by atoms with Crippen LogP contribution in [0, 0.1) is 11.6 Å². The van der Waals surface area contributed by atoms with Crippen molar-refractivity contribution < 1.29 is 22.0 Å². The fraction of sp³-hybridized carbons (Fsp3) is 0.235. The summed E-state index contributed by atoms with van der Waals surface area (Å²) in [5.74, 6) is -2.46. The second kappa shape index (κ2) is 6.53. The van der Waals surface area contributed by atoms with E-state index in [0.717, 1.165) is 27.6 Å². The molecule has 0 aliphatic carbocycles. The van der Waals surface area contributed by atoms with E-state index in [1.54, 1.807) is 12.1 Å². The Hall–Kier alpha value is -2.32. The quantitative estimate of drug-likeness (QED) is 0.901. The van der Waals surface area contributed by atoms with Crippen molar-refractivity contribution in [3.63, 3.8) is 0 Å². The minimum absolute atomic E-state index is 0.0469. The van der Waals surface area contributed by atoms with Gasteiger partial charge < -0.3 is 5.32 Å². The number of benzene rings is 2. The molecule has 2 aromatic rings. The maximum atomic E-state index is 13.5. The van der Waals surface area contributed by atoms with Crippen LogP contribution in [0.4, 0.5) is 8.78 Å². The number of rotatable bonds is 3. The van der Waals surface area contributed by atoms with Gasteiger partial charge in [0.1, 0.15) is 17.7 Å². The topological polar surface area (TPSA) is 66.5 Å². The Morgan fingerprint density at radius 3 is 2.32 bits per heavy atom. The summed E-state index contributed by atoms with van der Waals surface area (Å²) in [5, 5.41) is 2.45. The van der Waals surface area contributed by atoms with Crippen molar-refractivity contribution in [1.29, 1.82) is 0 Å². The van der Waals surface area contributed by atoms with Crippen LogP contribution in [0.2, 0.25) is 0 Å². The number of amides is 1. The first-order chi connectivity index (χ1) is 11.8. The average Bonchev–Trinajstić information content (AvgIpc) is 2.59. The normalized spacial score (nSPS) is 17.8. The first-order valence-electron chi connectivity index (χ1n) is 7.59. The van der Waals surface area contributed by atoms with Gasteiger partial charge in [0.05, 0.1) is 4.90 Å². The van der Waals surface area contributed by atoms with Crippen LogP contribution in [0.1, 0.15) is 11.1 Å². The molecule has 0 fully saturated rings. The lowest BCUT2D eigenvalue weighted by Crippen LogP contribution is -2.51. The van der Waals surface area contributed by atoms with Gasteiger partial charge in [0.2, 0.25) is 15.9 Å². The zero-order valence-corrected chi connectivity index (χ0v) is 14.2. The third-order valence-corrected chi connectivity index (χ3v) is 6.03. The number of fused-ring (bicyclic) bond motifs is 1. The predicted molar refractivity (Wildman–Crippen MR) is 87.1 cm³/mol. The molecule has 1 heterocycles. The standard InChI is InChI=1S/C17H16F2N2O3S/c1-20-17(22)16-6-11-4-2-3-5-12(11)10-21(16)25(23,24)15-8-13(18)7-14(19)9-15/h2-5,7-9,16H,6,10H2,1H3,(H,20,22). The largest absolute Gasteiger partial charge is 0.358 e. The molecule has 3 rings (SSSR count). The monoisotopic (exact) mass is 366 g/mol. The summed E-state index contributed by atoms with van der Waals surface area (Å²) in [5.41, 5.74) is 1.62. The number of hydrogen-bond acceptors (Lipinski definition) is 3. The van der Waals surface area contributed by atoms with Crippen LogP contribution in [0.15, 0.2) is 47.4 Å².